The number of nitrogens with two attached hydrogens (primary N) is 6. The molecule has 0 fully saturated rings. The molecule has 87 heavy (non-hydrogen) atoms. The van der Waals surface area contributed by atoms with Crippen LogP contribution in [0, 0.1) is 0 Å². The second kappa shape index (κ2) is 42.3. The highest BCUT2D eigenvalue weighted by Gasteiger charge is 2.34. The van der Waals surface area contributed by atoms with E-state index in [9.17, 15) is 82.8 Å². The molecule has 36 nitrogen and oxygen atoms in total. The molecule has 38 heteroatoms. The van der Waals surface area contributed by atoms with Crippen molar-refractivity contribution >= 4 is 114 Å². The van der Waals surface area contributed by atoms with Crippen LogP contribution in [0.3, 0.4) is 0 Å². The molecule has 0 bridgehead atoms. The summed E-state index contributed by atoms with van der Waals surface area (Å²) in [5.74, 6) is -15.4. The minimum Gasteiger partial charge on any atom is -0.481 e. The fourth-order valence-electron chi connectivity index (χ4n) is 7.47. The van der Waals surface area contributed by atoms with Gasteiger partial charge < -0.3 is 113 Å². The van der Waals surface area contributed by atoms with Crippen LogP contribution in [0.1, 0.15) is 56.9 Å². The van der Waals surface area contributed by atoms with Gasteiger partial charge in [-0.3, -0.25) is 67.5 Å². The molecule has 0 aromatic heterocycles. The molecule has 0 aliphatic heterocycles. The van der Waals surface area contributed by atoms with Crippen LogP contribution in [0.25, 0.3) is 0 Å². The Kier molecular flexibility index (Phi) is 37.1. The number of hydrogen-bond donors (Lipinski definition) is 23. The molecular formula is C49H81N19O17S2. The molecule has 0 saturated carbocycles. The van der Waals surface area contributed by atoms with Gasteiger partial charge in [-0.15, -0.1) is 0 Å². The topological polar surface area (TPSA) is 616 Å². The van der Waals surface area contributed by atoms with Gasteiger partial charge >= 0.3 is 11.9 Å². The van der Waals surface area contributed by atoms with Crippen molar-refractivity contribution in [2.45, 2.75) is 112 Å². The Balaban J connectivity index is 3.17. The van der Waals surface area contributed by atoms with Crippen molar-refractivity contribution < 1.29 is 82.8 Å². The number of unbranched alkanes of at least 4 members (excludes halogenated alkanes) is 1. The number of hydrogen-bond acceptors (Lipinski definition) is 21. The number of aliphatic imine (C=N–C) groups is 2. The monoisotopic (exact) mass is 1270 g/mol. The largest absolute Gasteiger partial charge is 0.481 e. The Morgan fingerprint density at radius 1 is 0.448 bits per heavy atom. The highest BCUT2D eigenvalue weighted by molar-refractivity contribution is 7.80. The van der Waals surface area contributed by atoms with E-state index in [1.807, 2.05) is 0 Å². The average molecular weight is 1270 g/mol. The second-order valence-electron chi connectivity index (χ2n) is 18.9. The molecule has 0 unspecified atom stereocenters. The minimum atomic E-state index is -1.87. The number of rotatable bonds is 43. The molecule has 27 N–H and O–H groups in total. The van der Waals surface area contributed by atoms with Gasteiger partial charge in [0.05, 0.1) is 39.3 Å². The van der Waals surface area contributed by atoms with E-state index in [-0.39, 0.29) is 75.8 Å². The van der Waals surface area contributed by atoms with Crippen LogP contribution in [0.15, 0.2) is 40.3 Å². The van der Waals surface area contributed by atoms with Crippen molar-refractivity contribution in [3.8, 4) is 0 Å². The van der Waals surface area contributed by atoms with Gasteiger partial charge in [0, 0.05) is 31.0 Å². The molecule has 0 spiro atoms. The van der Waals surface area contributed by atoms with Gasteiger partial charge in [-0.1, -0.05) is 30.3 Å². The number of carboxylic acids is 2. The normalized spacial score (nSPS) is 13.8. The first-order valence-electron chi connectivity index (χ1n) is 26.9. The summed E-state index contributed by atoms with van der Waals surface area (Å²) >= 11 is 8.12. The van der Waals surface area contributed by atoms with Crippen LogP contribution in [-0.2, 0) is 68.7 Å². The zero-order chi connectivity index (χ0) is 65.6. The van der Waals surface area contributed by atoms with Gasteiger partial charge in [0.2, 0.25) is 65.0 Å². The molecule has 0 heterocycles. The molecule has 486 valence electrons. The van der Waals surface area contributed by atoms with Gasteiger partial charge in [0.1, 0.15) is 54.4 Å². The molecule has 0 aliphatic rings. The highest BCUT2D eigenvalue weighted by atomic mass is 32.1. The first-order valence-corrected chi connectivity index (χ1v) is 28.2. The Morgan fingerprint density at radius 2 is 0.828 bits per heavy atom. The van der Waals surface area contributed by atoms with Crippen LogP contribution in [0.2, 0.25) is 0 Å². The van der Waals surface area contributed by atoms with Crippen molar-refractivity contribution in [3.05, 3.63) is 35.9 Å². The minimum absolute atomic E-state index is 0.0347. The van der Waals surface area contributed by atoms with Gasteiger partial charge in [0.15, 0.2) is 11.9 Å². The SMILES string of the molecule is NCCCC[C@H](NC(=O)[C@H](CCCN=C(N)N)NC(=O)CNC(=O)[C@H](CCCN=C(N)N)NC(=O)[C@H](CS)NC(=O)[C@H](CO)NC(=O)[C@H](CO)NC(=O)CNC(=O)[C@H](Cc1ccccc1)NC(=O)[C@H](CC(=O)O)NC(=O)[C@H](CS)NC(=O)CN)C(=O)O. The number of carbonyl (C=O) groups excluding carboxylic acids is 11. The number of amides is 11. The number of benzene rings is 1. The Labute approximate surface area is 510 Å². The van der Waals surface area contributed by atoms with E-state index in [4.69, 9.17) is 34.4 Å². The lowest BCUT2D eigenvalue weighted by Gasteiger charge is -2.25. The van der Waals surface area contributed by atoms with Crippen molar-refractivity contribution in [1.82, 2.24) is 58.5 Å². The standard InChI is InChI=1S/C49H81N19O17S2/c50-13-5-4-10-28(47(84)85)64-41(78)27(12-7-15-57-49(54)55)60-36(72)19-58-39(76)26(11-6-14-56-48(52)53)63-46(83)34(24-87)68-44(81)32(22-70)67-43(80)31(21-69)61-37(73)20-59-40(77)29(16-25-8-2-1-3-9-25)65-42(79)30(17-38(74)75)66-45(82)33(23-86)62-35(71)18-51/h1-3,8-9,26-34,69-70,86-87H,4-7,10-24,50-51H2,(H,58,76)(H,59,77)(H,60,72)(H,61,73)(H,62,71)(H,63,83)(H,64,78)(H,65,79)(H,66,82)(H,67,80)(H,68,81)(H,74,75)(H,84,85)(H4,52,53,56)(H4,54,55,57)/t26-,27-,28-,29-,30-,31-,32-,33-,34-/m0/s1. The number of nitrogens with zero attached hydrogens (tertiary/aromatic N) is 2. The van der Waals surface area contributed by atoms with Crippen molar-refractivity contribution in [2.24, 2.45) is 44.4 Å². The van der Waals surface area contributed by atoms with Gasteiger partial charge in [0.25, 0.3) is 0 Å². The van der Waals surface area contributed by atoms with Crippen LogP contribution in [-0.4, -0.2) is 228 Å². The van der Waals surface area contributed by atoms with Gasteiger partial charge in [-0.2, -0.15) is 25.3 Å². The first-order chi connectivity index (χ1) is 41.2. The fourth-order valence-corrected chi connectivity index (χ4v) is 7.99. The van der Waals surface area contributed by atoms with E-state index in [1.165, 1.54) is 0 Å². The third-order valence-corrected chi connectivity index (χ3v) is 12.7. The number of guanidine groups is 2. The molecular weight excluding hydrogens is 1190 g/mol. The summed E-state index contributed by atoms with van der Waals surface area (Å²) in [6.45, 7) is -4.15. The van der Waals surface area contributed by atoms with E-state index >= 15 is 0 Å². The number of carbonyl (C=O) groups is 13. The first kappa shape index (κ1) is 76.4. The Morgan fingerprint density at radius 3 is 1.30 bits per heavy atom. The molecule has 0 saturated heterocycles. The van der Waals surface area contributed by atoms with Crippen LogP contribution >= 0.6 is 25.3 Å². The van der Waals surface area contributed by atoms with Gasteiger partial charge in [-0.05, 0) is 57.1 Å². The molecule has 0 aliphatic carbocycles. The number of carboxylic acid groups (broad SMARTS) is 2. The summed E-state index contributed by atoms with van der Waals surface area (Å²) in [6.07, 6.45) is -0.365. The van der Waals surface area contributed by atoms with E-state index in [0.717, 1.165) is 0 Å². The highest BCUT2D eigenvalue weighted by Crippen LogP contribution is 2.08. The average Bonchev–Trinajstić information content (AvgIpc) is 3.33. The maximum absolute atomic E-state index is 13.6. The number of aliphatic hydroxyl groups is 2. The summed E-state index contributed by atoms with van der Waals surface area (Å²) < 4.78 is 0. The van der Waals surface area contributed by atoms with E-state index in [2.05, 4.69) is 93.7 Å². The lowest BCUT2D eigenvalue weighted by Crippen LogP contribution is -2.60. The van der Waals surface area contributed by atoms with Gasteiger partial charge in [-0.25, -0.2) is 4.79 Å². The predicted octanol–water partition coefficient (Wildman–Crippen LogP) is -10.6. The maximum Gasteiger partial charge on any atom is 0.326 e. The molecule has 1 rings (SSSR count). The number of thiol groups is 2. The van der Waals surface area contributed by atoms with Crippen LogP contribution < -0.4 is 92.9 Å². The fraction of sp³-hybridized carbons (Fsp3) is 0.571. The summed E-state index contributed by atoms with van der Waals surface area (Å²) in [7, 11) is 0. The van der Waals surface area contributed by atoms with E-state index in [1.54, 1.807) is 30.3 Å². The Bertz CT molecular complexity index is 2550. The molecule has 1 aromatic carbocycles. The van der Waals surface area contributed by atoms with Crippen molar-refractivity contribution in [1.29, 1.82) is 0 Å². The second-order valence-corrected chi connectivity index (χ2v) is 19.6. The van der Waals surface area contributed by atoms with Crippen LogP contribution in [0.5, 0.6) is 0 Å². The van der Waals surface area contributed by atoms with Crippen molar-refractivity contribution in [3.63, 3.8) is 0 Å². The smallest absolute Gasteiger partial charge is 0.326 e. The summed E-state index contributed by atoms with van der Waals surface area (Å²) in [5.41, 5.74) is 32.8. The van der Waals surface area contributed by atoms with Crippen LogP contribution in [0.4, 0.5) is 0 Å². The predicted molar refractivity (Wildman–Crippen MR) is 317 cm³/mol. The number of aliphatic hydroxyl groups excluding tert-OH is 2. The zero-order valence-corrected chi connectivity index (χ0v) is 49.2. The molecule has 11 amide bonds. The zero-order valence-electron chi connectivity index (χ0n) is 47.4. The molecule has 0 radical (unpaired) electrons. The summed E-state index contributed by atoms with van der Waals surface area (Å²) in [4.78, 5) is 177. The Hall–Kier alpha value is -8.59. The third-order valence-electron chi connectivity index (χ3n) is 12.0. The summed E-state index contributed by atoms with van der Waals surface area (Å²) in [6, 6.07) is -6.08. The molecule has 9 atom stereocenters. The van der Waals surface area contributed by atoms with E-state index in [0.29, 0.717) is 18.4 Å². The summed E-state index contributed by atoms with van der Waals surface area (Å²) in [5, 5.41) is 64.5. The lowest BCUT2D eigenvalue weighted by atomic mass is 10.0. The maximum atomic E-state index is 13.6. The third kappa shape index (κ3) is 31.4. The lowest BCUT2D eigenvalue weighted by molar-refractivity contribution is -0.142. The number of aliphatic carboxylic acids is 2. The quantitative estimate of drug-likeness (QED) is 0.0125. The van der Waals surface area contributed by atoms with E-state index < -0.39 is 176 Å². The van der Waals surface area contributed by atoms with Crippen molar-refractivity contribution in [2.75, 3.05) is 64.0 Å². The number of nitrogens with one attached hydrogen (secondary N) is 11. The molecule has 1 aromatic rings.